The number of rotatable bonds is 4. The van der Waals surface area contributed by atoms with Gasteiger partial charge in [0.2, 0.25) is 5.91 Å². The van der Waals surface area contributed by atoms with Gasteiger partial charge in [-0.2, -0.15) is 0 Å². The summed E-state index contributed by atoms with van der Waals surface area (Å²) < 4.78 is 0. The van der Waals surface area contributed by atoms with Crippen LogP contribution in [0.3, 0.4) is 0 Å². The molecule has 0 aromatic carbocycles. The molecule has 0 spiro atoms. The van der Waals surface area contributed by atoms with Crippen molar-refractivity contribution in [3.63, 3.8) is 0 Å². The molecule has 15 heavy (non-hydrogen) atoms. The highest BCUT2D eigenvalue weighted by molar-refractivity contribution is 6.19. The number of hydrogen-bond acceptors (Lipinski definition) is 1. The summed E-state index contributed by atoms with van der Waals surface area (Å²) in [7, 11) is 0. The van der Waals surface area contributed by atoms with Crippen LogP contribution in [0.2, 0.25) is 0 Å². The summed E-state index contributed by atoms with van der Waals surface area (Å²) in [6.07, 6.45) is 3.81. The second kappa shape index (κ2) is 5.20. The third-order valence-electron chi connectivity index (χ3n) is 3.30. The molecule has 0 aromatic rings. The third kappa shape index (κ3) is 3.67. The van der Waals surface area contributed by atoms with E-state index in [1.54, 1.807) is 0 Å². The van der Waals surface area contributed by atoms with Crippen LogP contribution in [0.5, 0.6) is 0 Å². The fourth-order valence-electron chi connectivity index (χ4n) is 2.05. The number of carbonyl (C=O) groups is 1. The molecule has 2 nitrogen and oxygen atoms in total. The Kier molecular flexibility index (Phi) is 4.45. The Bertz CT molecular complexity index is 228. The maximum Gasteiger partial charge on any atom is 0.226 e. The molecule has 1 fully saturated rings. The first-order chi connectivity index (χ1) is 6.95. The topological polar surface area (TPSA) is 29.1 Å². The van der Waals surface area contributed by atoms with Crippen molar-refractivity contribution in [2.75, 3.05) is 12.4 Å². The standard InChI is InChI=1S/C12H22ClNO/c1-9-4-5-10(6-9)7-14-11(15)12(2,3)8-13/h9-10H,4-8H2,1-3H3,(H,14,15). The van der Waals surface area contributed by atoms with Gasteiger partial charge in [-0.05, 0) is 38.5 Å². The van der Waals surface area contributed by atoms with Gasteiger partial charge >= 0.3 is 0 Å². The van der Waals surface area contributed by atoms with Crippen LogP contribution in [0, 0.1) is 17.3 Å². The van der Waals surface area contributed by atoms with Gasteiger partial charge in [-0.15, -0.1) is 11.6 Å². The molecule has 1 saturated carbocycles. The van der Waals surface area contributed by atoms with E-state index in [0.717, 1.165) is 12.5 Å². The number of halogens is 1. The molecule has 1 amide bonds. The van der Waals surface area contributed by atoms with E-state index >= 15 is 0 Å². The highest BCUT2D eigenvalue weighted by atomic mass is 35.5. The zero-order valence-corrected chi connectivity index (χ0v) is 10.7. The fraction of sp³-hybridized carbons (Fsp3) is 0.917. The van der Waals surface area contributed by atoms with E-state index in [1.165, 1.54) is 19.3 Å². The van der Waals surface area contributed by atoms with Gasteiger partial charge in [-0.1, -0.05) is 13.3 Å². The summed E-state index contributed by atoms with van der Waals surface area (Å²) in [5, 5.41) is 3.01. The lowest BCUT2D eigenvalue weighted by atomic mass is 9.95. The first-order valence-electron chi connectivity index (χ1n) is 5.80. The molecule has 1 rings (SSSR count). The molecule has 2 unspecified atom stereocenters. The lowest BCUT2D eigenvalue weighted by molar-refractivity contribution is -0.128. The summed E-state index contributed by atoms with van der Waals surface area (Å²) in [6.45, 7) is 6.87. The Hall–Kier alpha value is -0.240. The Morgan fingerprint density at radius 2 is 2.13 bits per heavy atom. The summed E-state index contributed by atoms with van der Waals surface area (Å²) in [5.41, 5.74) is -0.439. The molecule has 0 radical (unpaired) electrons. The molecule has 0 aromatic heterocycles. The molecule has 1 aliphatic carbocycles. The molecule has 0 bridgehead atoms. The maximum absolute atomic E-state index is 11.7. The van der Waals surface area contributed by atoms with Crippen LogP contribution in [-0.4, -0.2) is 18.3 Å². The molecule has 88 valence electrons. The minimum atomic E-state index is -0.439. The minimum absolute atomic E-state index is 0.0806. The van der Waals surface area contributed by atoms with Crippen molar-refractivity contribution < 1.29 is 4.79 Å². The molecule has 1 aliphatic rings. The molecule has 0 heterocycles. The van der Waals surface area contributed by atoms with E-state index < -0.39 is 5.41 Å². The third-order valence-corrected chi connectivity index (χ3v) is 3.97. The zero-order valence-electron chi connectivity index (χ0n) is 9.98. The average Bonchev–Trinajstić information content (AvgIpc) is 2.60. The number of carbonyl (C=O) groups excluding carboxylic acids is 1. The van der Waals surface area contributed by atoms with Crippen LogP contribution in [0.15, 0.2) is 0 Å². The molecular formula is C12H22ClNO. The maximum atomic E-state index is 11.7. The van der Waals surface area contributed by atoms with E-state index in [9.17, 15) is 4.79 Å². The van der Waals surface area contributed by atoms with Gasteiger partial charge in [-0.3, -0.25) is 4.79 Å². The molecule has 1 N–H and O–H groups in total. The van der Waals surface area contributed by atoms with Crippen molar-refractivity contribution in [2.24, 2.45) is 17.3 Å². The monoisotopic (exact) mass is 231 g/mol. The Balaban J connectivity index is 2.28. The van der Waals surface area contributed by atoms with Gasteiger partial charge < -0.3 is 5.32 Å². The van der Waals surface area contributed by atoms with Crippen molar-refractivity contribution in [1.82, 2.24) is 5.32 Å². The highest BCUT2D eigenvalue weighted by Gasteiger charge is 2.28. The van der Waals surface area contributed by atoms with Crippen molar-refractivity contribution in [3.8, 4) is 0 Å². The van der Waals surface area contributed by atoms with E-state index in [1.807, 2.05) is 13.8 Å². The number of nitrogens with one attached hydrogen (secondary N) is 1. The number of alkyl halides is 1. The number of hydrogen-bond donors (Lipinski definition) is 1. The fourth-order valence-corrected chi connectivity index (χ4v) is 2.17. The Morgan fingerprint density at radius 1 is 1.47 bits per heavy atom. The number of amides is 1. The minimum Gasteiger partial charge on any atom is -0.355 e. The van der Waals surface area contributed by atoms with Gasteiger partial charge in [0, 0.05) is 12.4 Å². The van der Waals surface area contributed by atoms with Crippen LogP contribution in [0.25, 0.3) is 0 Å². The van der Waals surface area contributed by atoms with Crippen LogP contribution in [0.4, 0.5) is 0 Å². The van der Waals surface area contributed by atoms with Crippen molar-refractivity contribution in [3.05, 3.63) is 0 Å². The second-order valence-electron chi connectivity index (χ2n) is 5.51. The molecule has 0 aliphatic heterocycles. The zero-order chi connectivity index (χ0) is 11.5. The van der Waals surface area contributed by atoms with Crippen molar-refractivity contribution in [1.29, 1.82) is 0 Å². The highest BCUT2D eigenvalue weighted by Crippen LogP contribution is 2.29. The second-order valence-corrected chi connectivity index (χ2v) is 5.78. The van der Waals surface area contributed by atoms with Gasteiger partial charge in [-0.25, -0.2) is 0 Å². The quantitative estimate of drug-likeness (QED) is 0.741. The van der Waals surface area contributed by atoms with Gasteiger partial charge in [0.05, 0.1) is 5.41 Å². The predicted octanol–water partition coefficient (Wildman–Crippen LogP) is 2.80. The molecule has 3 heteroatoms. The smallest absolute Gasteiger partial charge is 0.226 e. The Morgan fingerprint density at radius 3 is 2.60 bits per heavy atom. The van der Waals surface area contributed by atoms with E-state index in [2.05, 4.69) is 12.2 Å². The first kappa shape index (κ1) is 12.8. The van der Waals surface area contributed by atoms with Crippen LogP contribution < -0.4 is 5.32 Å². The summed E-state index contributed by atoms with van der Waals surface area (Å²) in [4.78, 5) is 11.7. The summed E-state index contributed by atoms with van der Waals surface area (Å²) in [6, 6.07) is 0. The van der Waals surface area contributed by atoms with Gasteiger partial charge in [0.15, 0.2) is 0 Å². The largest absolute Gasteiger partial charge is 0.355 e. The van der Waals surface area contributed by atoms with Gasteiger partial charge in [0.25, 0.3) is 0 Å². The average molecular weight is 232 g/mol. The van der Waals surface area contributed by atoms with Gasteiger partial charge in [0.1, 0.15) is 0 Å². The first-order valence-corrected chi connectivity index (χ1v) is 6.33. The van der Waals surface area contributed by atoms with Crippen LogP contribution in [0.1, 0.15) is 40.0 Å². The van der Waals surface area contributed by atoms with Crippen LogP contribution >= 0.6 is 11.6 Å². The van der Waals surface area contributed by atoms with Crippen molar-refractivity contribution in [2.45, 2.75) is 40.0 Å². The van der Waals surface area contributed by atoms with E-state index in [-0.39, 0.29) is 5.91 Å². The molecule has 2 atom stereocenters. The predicted molar refractivity (Wildman–Crippen MR) is 64.0 cm³/mol. The van der Waals surface area contributed by atoms with Crippen molar-refractivity contribution >= 4 is 17.5 Å². The Labute approximate surface area is 97.8 Å². The lowest BCUT2D eigenvalue weighted by Gasteiger charge is -2.21. The summed E-state index contributed by atoms with van der Waals surface area (Å²) >= 11 is 5.75. The molecule has 0 saturated heterocycles. The van der Waals surface area contributed by atoms with E-state index in [0.29, 0.717) is 11.8 Å². The molecular weight excluding hydrogens is 210 g/mol. The normalized spacial score (nSPS) is 26.7. The van der Waals surface area contributed by atoms with Crippen LogP contribution in [-0.2, 0) is 4.79 Å². The SMILES string of the molecule is CC1CCC(CNC(=O)C(C)(C)CCl)C1. The van der Waals surface area contributed by atoms with E-state index in [4.69, 9.17) is 11.6 Å². The summed E-state index contributed by atoms with van der Waals surface area (Å²) in [5.74, 6) is 1.96. The lowest BCUT2D eigenvalue weighted by Crippen LogP contribution is -2.40.